The summed E-state index contributed by atoms with van der Waals surface area (Å²) in [5.41, 5.74) is 5.40. The summed E-state index contributed by atoms with van der Waals surface area (Å²) < 4.78 is 39.5. The number of aromatic nitrogens is 2. The topological polar surface area (TPSA) is 73.2 Å². The number of fused-ring (bicyclic) bond motifs is 1. The van der Waals surface area contributed by atoms with Crippen molar-refractivity contribution in [3.05, 3.63) is 76.2 Å². The summed E-state index contributed by atoms with van der Waals surface area (Å²) in [6.07, 6.45) is -2.02. The lowest BCUT2D eigenvalue weighted by atomic mass is 9.97. The summed E-state index contributed by atoms with van der Waals surface area (Å²) in [6, 6.07) is 10.9. The highest BCUT2D eigenvalue weighted by Crippen LogP contribution is 2.29. The number of alkyl halides is 3. The molecule has 0 bridgehead atoms. The normalized spacial score (nSPS) is 13.4. The van der Waals surface area contributed by atoms with E-state index >= 15 is 0 Å². The maximum Gasteiger partial charge on any atom is 0.493 e. The molecule has 1 amide bonds. The molecule has 172 valence electrons. The highest BCUT2D eigenvalue weighted by molar-refractivity contribution is 5.98. The van der Waals surface area contributed by atoms with Gasteiger partial charge in [0, 0.05) is 30.4 Å². The van der Waals surface area contributed by atoms with Crippen LogP contribution in [0.2, 0.25) is 0 Å². The molecule has 9 heteroatoms. The van der Waals surface area contributed by atoms with Crippen LogP contribution in [-0.2, 0) is 24.1 Å². The van der Waals surface area contributed by atoms with Crippen LogP contribution in [0.4, 0.5) is 13.2 Å². The van der Waals surface area contributed by atoms with E-state index in [-0.39, 0.29) is 29.9 Å². The molecule has 1 aliphatic rings. The van der Waals surface area contributed by atoms with Crippen LogP contribution in [-0.4, -0.2) is 34.3 Å². The van der Waals surface area contributed by atoms with E-state index in [4.69, 9.17) is 4.84 Å². The van der Waals surface area contributed by atoms with Crippen LogP contribution in [0.5, 0.6) is 0 Å². The van der Waals surface area contributed by atoms with Crippen LogP contribution >= 0.6 is 0 Å². The minimum Gasteiger partial charge on any atom is -0.352 e. The number of halogens is 3. The molecule has 3 aromatic rings. The average Bonchev–Trinajstić information content (AvgIpc) is 3.13. The monoisotopic (exact) mass is 457 g/mol. The van der Waals surface area contributed by atoms with E-state index in [0.29, 0.717) is 12.0 Å². The van der Waals surface area contributed by atoms with Crippen molar-refractivity contribution in [1.29, 1.82) is 0 Å². The Morgan fingerprint density at radius 1 is 1.15 bits per heavy atom. The van der Waals surface area contributed by atoms with Gasteiger partial charge < -0.3 is 10.2 Å². The van der Waals surface area contributed by atoms with Gasteiger partial charge in [-0.15, -0.1) is 0 Å². The van der Waals surface area contributed by atoms with Crippen LogP contribution in [0.3, 0.4) is 0 Å². The number of pyridine rings is 1. The van der Waals surface area contributed by atoms with Crippen molar-refractivity contribution < 1.29 is 27.6 Å². The third kappa shape index (κ3) is 4.62. The Hall–Kier alpha value is -3.62. The first kappa shape index (κ1) is 22.6. The maximum absolute atomic E-state index is 12.9. The minimum atomic E-state index is -5.17. The second-order valence-corrected chi connectivity index (χ2v) is 7.97. The third-order valence-corrected chi connectivity index (χ3v) is 5.74. The fraction of sp³-hybridized carbons (Fsp3) is 0.292. The molecule has 1 aliphatic heterocycles. The summed E-state index contributed by atoms with van der Waals surface area (Å²) in [4.78, 5) is 32.9. The van der Waals surface area contributed by atoms with Crippen molar-refractivity contribution in [2.45, 2.75) is 39.3 Å². The molecular weight excluding hydrogens is 435 g/mol. The van der Waals surface area contributed by atoms with Gasteiger partial charge in [-0.25, -0.2) is 4.79 Å². The van der Waals surface area contributed by atoms with Gasteiger partial charge in [0.25, 0.3) is 5.91 Å². The average molecular weight is 457 g/mol. The summed E-state index contributed by atoms with van der Waals surface area (Å²) in [5, 5.41) is 2.65. The largest absolute Gasteiger partial charge is 0.493 e. The number of carbonyl (C=O) groups excluding carboxylic acids is 2. The van der Waals surface area contributed by atoms with Crippen molar-refractivity contribution >= 4 is 11.9 Å². The van der Waals surface area contributed by atoms with Gasteiger partial charge in [0.2, 0.25) is 0 Å². The first-order chi connectivity index (χ1) is 15.6. The molecule has 0 saturated heterocycles. The predicted octanol–water partition coefficient (Wildman–Crippen LogP) is 3.76. The summed E-state index contributed by atoms with van der Waals surface area (Å²) >= 11 is 0. The second kappa shape index (κ2) is 8.73. The number of benzene rings is 1. The zero-order chi connectivity index (χ0) is 23.8. The van der Waals surface area contributed by atoms with Crippen LogP contribution in [0, 0.1) is 13.8 Å². The van der Waals surface area contributed by atoms with E-state index in [0.717, 1.165) is 16.8 Å². The molecule has 0 unspecified atom stereocenters. The molecule has 1 aromatic carbocycles. The molecular formula is C24H22F3N3O3. The van der Waals surface area contributed by atoms with E-state index in [1.54, 1.807) is 18.3 Å². The van der Waals surface area contributed by atoms with Crippen molar-refractivity contribution in [3.8, 4) is 11.3 Å². The molecule has 0 saturated carbocycles. The number of hydrogen-bond donors (Lipinski definition) is 1. The lowest BCUT2D eigenvalue weighted by molar-refractivity contribution is -0.199. The van der Waals surface area contributed by atoms with E-state index < -0.39 is 18.1 Å². The molecule has 1 N–H and O–H groups in total. The van der Waals surface area contributed by atoms with Gasteiger partial charge in [-0.05, 0) is 61.6 Å². The fourth-order valence-corrected chi connectivity index (χ4v) is 4.07. The maximum atomic E-state index is 12.9. The van der Waals surface area contributed by atoms with Crippen LogP contribution in [0.15, 0.2) is 42.6 Å². The molecule has 6 nitrogen and oxygen atoms in total. The Morgan fingerprint density at radius 2 is 1.88 bits per heavy atom. The number of hydrogen-bond acceptors (Lipinski definition) is 4. The quantitative estimate of drug-likeness (QED) is 0.633. The highest BCUT2D eigenvalue weighted by atomic mass is 19.4. The van der Waals surface area contributed by atoms with Crippen LogP contribution in [0.1, 0.15) is 38.4 Å². The molecule has 33 heavy (non-hydrogen) atoms. The molecule has 0 radical (unpaired) electrons. The first-order valence-corrected chi connectivity index (χ1v) is 10.5. The summed E-state index contributed by atoms with van der Waals surface area (Å²) in [6.45, 7) is 4.32. The number of rotatable bonds is 5. The Bertz CT molecular complexity index is 1210. The fourth-order valence-electron chi connectivity index (χ4n) is 4.07. The van der Waals surface area contributed by atoms with Crippen molar-refractivity contribution in [3.63, 3.8) is 0 Å². The number of aryl methyl sites for hydroxylation is 3. The van der Waals surface area contributed by atoms with Gasteiger partial charge in [0.1, 0.15) is 0 Å². The minimum absolute atomic E-state index is 0.181. The Morgan fingerprint density at radius 3 is 2.58 bits per heavy atom. The number of nitrogens with zero attached hydrogens (tertiary/aromatic N) is 2. The van der Waals surface area contributed by atoms with E-state index in [1.165, 1.54) is 22.8 Å². The lowest BCUT2D eigenvalue weighted by Gasteiger charge is -2.17. The zero-order valence-electron chi connectivity index (χ0n) is 18.1. The standard InChI is InChI=1S/C24H22F3N3O3/c1-14-4-3-5-15(2)18(14)7-6-17-12-16(8-10-28-17)21-13-19-20(9-11-29-22(19)31)30(21)33-23(32)24(25,26)27/h3-5,8,10,12-13H,6-7,9,11H2,1-2H3,(H,29,31). The summed E-state index contributed by atoms with van der Waals surface area (Å²) in [5.74, 6) is -2.78. The van der Waals surface area contributed by atoms with E-state index in [2.05, 4.69) is 10.3 Å². The molecule has 3 heterocycles. The second-order valence-electron chi connectivity index (χ2n) is 7.97. The van der Waals surface area contributed by atoms with Gasteiger partial charge in [0.05, 0.1) is 17.0 Å². The van der Waals surface area contributed by atoms with Gasteiger partial charge >= 0.3 is 12.1 Å². The predicted molar refractivity (Wildman–Crippen MR) is 115 cm³/mol. The van der Waals surface area contributed by atoms with E-state index in [9.17, 15) is 22.8 Å². The molecule has 4 rings (SSSR count). The smallest absolute Gasteiger partial charge is 0.352 e. The first-order valence-electron chi connectivity index (χ1n) is 10.5. The van der Waals surface area contributed by atoms with Crippen LogP contribution < -0.4 is 10.2 Å². The highest BCUT2D eigenvalue weighted by Gasteiger charge is 2.43. The molecule has 0 atom stereocenters. The van der Waals surface area contributed by atoms with Crippen LogP contribution in [0.25, 0.3) is 11.3 Å². The Labute approximate surface area is 188 Å². The molecule has 2 aromatic heterocycles. The van der Waals surface area contributed by atoms with Gasteiger partial charge in [-0.2, -0.15) is 17.9 Å². The van der Waals surface area contributed by atoms with Crippen molar-refractivity contribution in [2.24, 2.45) is 0 Å². The van der Waals surface area contributed by atoms with Gasteiger partial charge in [-0.3, -0.25) is 9.78 Å². The molecule has 0 spiro atoms. The number of carbonyl (C=O) groups is 2. The van der Waals surface area contributed by atoms with Gasteiger partial charge in [0.15, 0.2) is 0 Å². The zero-order valence-corrected chi connectivity index (χ0v) is 18.1. The lowest BCUT2D eigenvalue weighted by Crippen LogP contribution is -2.37. The summed E-state index contributed by atoms with van der Waals surface area (Å²) in [7, 11) is 0. The van der Waals surface area contributed by atoms with E-state index in [1.807, 2.05) is 32.0 Å². The molecule has 0 aliphatic carbocycles. The molecule has 0 fully saturated rings. The number of amides is 1. The third-order valence-electron chi connectivity index (χ3n) is 5.74. The van der Waals surface area contributed by atoms with Crippen molar-refractivity contribution in [1.82, 2.24) is 15.0 Å². The Kier molecular flexibility index (Phi) is 5.97. The van der Waals surface area contributed by atoms with Gasteiger partial charge in [-0.1, -0.05) is 18.2 Å². The SMILES string of the molecule is Cc1cccc(C)c1CCc1cc(-c2cc3c(n2OC(=O)C(F)(F)F)CCNC3=O)ccn1. The van der Waals surface area contributed by atoms with Crippen molar-refractivity contribution in [2.75, 3.05) is 6.54 Å². The Balaban J connectivity index is 1.69. The number of nitrogens with one attached hydrogen (secondary N) is 1.